The predicted molar refractivity (Wildman–Crippen MR) is 61.7 cm³/mol. The number of hydrogen-bond donors (Lipinski definition) is 3. The quantitative estimate of drug-likeness (QED) is 0.374. The summed E-state index contributed by atoms with van der Waals surface area (Å²) in [5.74, 6) is -7.30. The van der Waals surface area contributed by atoms with Gasteiger partial charge in [0, 0.05) is 6.07 Å². The number of nitro benzene ring substituents is 1. The van der Waals surface area contributed by atoms with Gasteiger partial charge in [-0.1, -0.05) is 0 Å². The lowest BCUT2D eigenvalue weighted by atomic mass is 9.95. The number of hydrogen-bond acceptors (Lipinski definition) is 5. The van der Waals surface area contributed by atoms with E-state index in [9.17, 15) is 24.5 Å². The zero-order valence-electron chi connectivity index (χ0n) is 9.64. The van der Waals surface area contributed by atoms with Crippen LogP contribution in [0, 0.1) is 10.1 Å². The molecule has 0 aromatic heterocycles. The summed E-state index contributed by atoms with van der Waals surface area (Å²) in [6.07, 6.45) is 0. The van der Waals surface area contributed by atoms with Crippen molar-refractivity contribution >= 4 is 23.6 Å². The third-order valence-electron chi connectivity index (χ3n) is 2.28. The van der Waals surface area contributed by atoms with Gasteiger partial charge in [0.05, 0.1) is 16.1 Å². The van der Waals surface area contributed by atoms with Crippen LogP contribution < -0.4 is 0 Å². The number of rotatable bonds is 5. The Hall–Kier alpha value is -3.01. The molecule has 0 spiro atoms. The smallest absolute Gasteiger partial charge is 0.335 e. The standard InChI is InChI=1S/C10H7NO8.H2O/c12-8(13)4-1-2-6(11(18)19)5(3-4)7(9(14)15)10(16)17;/h1-3,7H,(H,12,13)(H,14,15)(H,16,17);1H2. The monoisotopic (exact) mass is 287 g/mol. The highest BCUT2D eigenvalue weighted by Crippen LogP contribution is 2.28. The summed E-state index contributed by atoms with van der Waals surface area (Å²) in [6, 6.07) is 2.33. The zero-order chi connectivity index (χ0) is 14.7. The largest absolute Gasteiger partial charge is 0.480 e. The lowest BCUT2D eigenvalue weighted by Crippen LogP contribution is -2.22. The first-order chi connectivity index (χ1) is 8.75. The van der Waals surface area contributed by atoms with Gasteiger partial charge >= 0.3 is 17.9 Å². The lowest BCUT2D eigenvalue weighted by molar-refractivity contribution is -0.385. The van der Waals surface area contributed by atoms with Gasteiger partial charge in [-0.2, -0.15) is 0 Å². The highest BCUT2D eigenvalue weighted by atomic mass is 16.6. The number of carbonyl (C=O) groups is 3. The van der Waals surface area contributed by atoms with E-state index in [2.05, 4.69) is 0 Å². The Bertz CT molecular complexity index is 566. The Morgan fingerprint density at radius 2 is 1.60 bits per heavy atom. The summed E-state index contributed by atoms with van der Waals surface area (Å²) in [6.45, 7) is 0. The molecule has 5 N–H and O–H groups in total. The minimum absolute atomic E-state index is 0. The molecule has 20 heavy (non-hydrogen) atoms. The molecular weight excluding hydrogens is 278 g/mol. The van der Waals surface area contributed by atoms with Crippen LogP contribution in [0.3, 0.4) is 0 Å². The molecule has 0 bridgehead atoms. The molecule has 1 rings (SSSR count). The van der Waals surface area contributed by atoms with Gasteiger partial charge in [0.1, 0.15) is 0 Å². The fraction of sp³-hybridized carbons (Fsp3) is 0.100. The third kappa shape index (κ3) is 3.26. The summed E-state index contributed by atoms with van der Waals surface area (Å²) in [4.78, 5) is 42.2. The molecule has 10 nitrogen and oxygen atoms in total. The molecule has 1 aromatic rings. The van der Waals surface area contributed by atoms with E-state index in [1.165, 1.54) is 0 Å². The van der Waals surface area contributed by atoms with Crippen molar-refractivity contribution in [3.63, 3.8) is 0 Å². The summed E-state index contributed by atoms with van der Waals surface area (Å²) in [5.41, 5.74) is -1.89. The number of nitrogens with zero attached hydrogens (tertiary/aromatic N) is 1. The fourth-order valence-corrected chi connectivity index (χ4v) is 1.46. The maximum atomic E-state index is 10.8. The summed E-state index contributed by atoms with van der Waals surface area (Å²) < 4.78 is 0. The minimum Gasteiger partial charge on any atom is -0.480 e. The highest BCUT2D eigenvalue weighted by Gasteiger charge is 2.34. The maximum absolute atomic E-state index is 10.8. The number of aromatic carboxylic acids is 1. The number of aliphatic carboxylic acids is 2. The fourth-order valence-electron chi connectivity index (χ4n) is 1.46. The second-order valence-electron chi connectivity index (χ2n) is 3.45. The van der Waals surface area contributed by atoms with E-state index in [-0.39, 0.29) is 5.48 Å². The minimum atomic E-state index is -2.21. The molecule has 0 radical (unpaired) electrons. The van der Waals surface area contributed by atoms with E-state index >= 15 is 0 Å². The van der Waals surface area contributed by atoms with Crippen LogP contribution in [0.5, 0.6) is 0 Å². The summed E-state index contributed by atoms with van der Waals surface area (Å²) in [5, 5.41) is 37.0. The van der Waals surface area contributed by atoms with Crippen molar-refractivity contribution in [2.24, 2.45) is 0 Å². The SMILES string of the molecule is O.O=C(O)c1ccc([N+](=O)[O-])c(C(C(=O)O)C(=O)O)c1. The molecule has 0 fully saturated rings. The normalized spacial score (nSPS) is 9.65. The van der Waals surface area contributed by atoms with E-state index in [0.29, 0.717) is 6.07 Å². The molecular formula is C10H9NO9. The van der Waals surface area contributed by atoms with Crippen molar-refractivity contribution in [2.75, 3.05) is 0 Å². The van der Waals surface area contributed by atoms with Gasteiger partial charge in [-0.25, -0.2) is 4.79 Å². The van der Waals surface area contributed by atoms with Gasteiger partial charge in [-0.3, -0.25) is 19.7 Å². The first kappa shape index (κ1) is 17.0. The molecule has 0 aliphatic carbocycles. The number of nitro groups is 1. The van der Waals surface area contributed by atoms with Crippen LogP contribution in [0.4, 0.5) is 5.69 Å². The molecule has 0 saturated heterocycles. The average Bonchev–Trinajstić information content (AvgIpc) is 2.27. The Balaban J connectivity index is 0.00000361. The topological polar surface area (TPSA) is 187 Å². The van der Waals surface area contributed by atoms with E-state index in [0.717, 1.165) is 12.1 Å². The second-order valence-corrected chi connectivity index (χ2v) is 3.45. The molecule has 0 saturated carbocycles. The average molecular weight is 287 g/mol. The van der Waals surface area contributed by atoms with Crippen LogP contribution in [-0.2, 0) is 9.59 Å². The van der Waals surface area contributed by atoms with Crippen LogP contribution in [-0.4, -0.2) is 43.6 Å². The third-order valence-corrected chi connectivity index (χ3v) is 2.28. The second kappa shape index (κ2) is 6.24. The predicted octanol–water partition coefficient (Wildman–Crippen LogP) is -0.279. The number of carboxylic acids is 3. The molecule has 0 aliphatic rings. The van der Waals surface area contributed by atoms with E-state index in [1.54, 1.807) is 0 Å². The van der Waals surface area contributed by atoms with Crippen LogP contribution in [0.2, 0.25) is 0 Å². The summed E-state index contributed by atoms with van der Waals surface area (Å²) >= 11 is 0. The van der Waals surface area contributed by atoms with Crippen molar-refractivity contribution in [1.82, 2.24) is 0 Å². The van der Waals surface area contributed by atoms with Crippen LogP contribution >= 0.6 is 0 Å². The summed E-state index contributed by atoms with van der Waals surface area (Å²) in [7, 11) is 0. The van der Waals surface area contributed by atoms with Crippen molar-refractivity contribution in [3.05, 3.63) is 39.4 Å². The molecule has 0 amide bonds. The molecule has 108 valence electrons. The van der Waals surface area contributed by atoms with Crippen LogP contribution in [0.25, 0.3) is 0 Å². The molecule has 0 atom stereocenters. The van der Waals surface area contributed by atoms with Gasteiger partial charge in [0.25, 0.3) is 5.69 Å². The number of carboxylic acid groups (broad SMARTS) is 3. The zero-order valence-corrected chi connectivity index (χ0v) is 9.64. The Labute approximate surface area is 110 Å². The molecule has 0 aliphatic heterocycles. The maximum Gasteiger partial charge on any atom is 0.335 e. The van der Waals surface area contributed by atoms with E-state index in [1.807, 2.05) is 0 Å². The molecule has 10 heteroatoms. The van der Waals surface area contributed by atoms with Crippen LogP contribution in [0.15, 0.2) is 18.2 Å². The lowest BCUT2D eigenvalue weighted by Gasteiger charge is -2.09. The van der Waals surface area contributed by atoms with E-state index in [4.69, 9.17) is 15.3 Å². The van der Waals surface area contributed by atoms with Gasteiger partial charge in [0.15, 0.2) is 5.92 Å². The first-order valence-electron chi connectivity index (χ1n) is 4.73. The van der Waals surface area contributed by atoms with Gasteiger partial charge in [-0.15, -0.1) is 0 Å². The highest BCUT2D eigenvalue weighted by molar-refractivity contribution is 6.00. The Morgan fingerprint density at radius 1 is 1.10 bits per heavy atom. The molecule has 0 unspecified atom stereocenters. The van der Waals surface area contributed by atoms with E-state index < -0.39 is 45.6 Å². The number of benzene rings is 1. The molecule has 0 heterocycles. The van der Waals surface area contributed by atoms with Crippen molar-refractivity contribution in [3.8, 4) is 0 Å². The van der Waals surface area contributed by atoms with Crippen LogP contribution in [0.1, 0.15) is 21.8 Å². The molecule has 1 aromatic carbocycles. The Morgan fingerprint density at radius 3 is 1.95 bits per heavy atom. The Kier molecular flexibility index (Phi) is 5.30. The van der Waals surface area contributed by atoms with Gasteiger partial charge in [-0.05, 0) is 12.1 Å². The van der Waals surface area contributed by atoms with Gasteiger partial charge < -0.3 is 20.8 Å². The first-order valence-corrected chi connectivity index (χ1v) is 4.73. The van der Waals surface area contributed by atoms with Gasteiger partial charge in [0.2, 0.25) is 0 Å². The van der Waals surface area contributed by atoms with Crippen molar-refractivity contribution < 1.29 is 40.1 Å². The van der Waals surface area contributed by atoms with Crippen molar-refractivity contribution in [2.45, 2.75) is 5.92 Å². The van der Waals surface area contributed by atoms with Crippen molar-refractivity contribution in [1.29, 1.82) is 0 Å².